The molecule has 3 rings (SSSR count). The van der Waals surface area contributed by atoms with Crippen LogP contribution in [0.3, 0.4) is 0 Å². The molecule has 0 aliphatic heterocycles. The summed E-state index contributed by atoms with van der Waals surface area (Å²) in [4.78, 5) is 45.9. The van der Waals surface area contributed by atoms with Crippen LogP contribution in [-0.2, 0) is 6.54 Å². The van der Waals surface area contributed by atoms with Crippen LogP contribution in [0.15, 0.2) is 52.2 Å². The van der Waals surface area contributed by atoms with E-state index in [0.29, 0.717) is 6.42 Å². The molecule has 10 heteroatoms. The zero-order valence-electron chi connectivity index (χ0n) is 16.8. The number of hydrogen-bond donors (Lipinski definition) is 2. The Balaban J connectivity index is 2.11. The van der Waals surface area contributed by atoms with Crippen molar-refractivity contribution in [2.75, 3.05) is 17.2 Å². The maximum absolute atomic E-state index is 13.3. The van der Waals surface area contributed by atoms with E-state index in [1.807, 2.05) is 37.3 Å². The van der Waals surface area contributed by atoms with Gasteiger partial charge in [0.25, 0.3) is 11.5 Å². The summed E-state index contributed by atoms with van der Waals surface area (Å²) in [5, 5.41) is 0.172. The van der Waals surface area contributed by atoms with Crippen molar-refractivity contribution in [3.63, 3.8) is 0 Å². The molecule has 3 aromatic rings. The fourth-order valence-electron chi connectivity index (χ4n) is 3.09. The van der Waals surface area contributed by atoms with Crippen LogP contribution < -0.4 is 21.9 Å². The summed E-state index contributed by atoms with van der Waals surface area (Å²) in [6.07, 6.45) is 2.65. The molecule has 0 atom stereocenters. The molecule has 3 N–H and O–H groups in total. The molecule has 0 aliphatic rings. The normalized spacial score (nSPS) is 10.8. The standard InChI is InChI=1S/C21H21Cl2N5O3/c1-2-3-9-27(20(30)14-10-15(22)17(23)25-11-14)16-18(24)28(21(31)26-19(16)29)12-13-7-5-4-6-8-13/h4-8,10-11H,2-3,9,12,24H2,1H3,(H,26,29,31). The Hall–Kier alpha value is -3.10. The first-order valence-electron chi connectivity index (χ1n) is 9.63. The number of halogens is 2. The number of rotatable bonds is 7. The highest BCUT2D eigenvalue weighted by molar-refractivity contribution is 6.41. The lowest BCUT2D eigenvalue weighted by molar-refractivity contribution is 0.0986. The van der Waals surface area contributed by atoms with Gasteiger partial charge in [0.2, 0.25) is 0 Å². The molecular weight excluding hydrogens is 441 g/mol. The van der Waals surface area contributed by atoms with Gasteiger partial charge in [0, 0.05) is 12.7 Å². The van der Waals surface area contributed by atoms with E-state index < -0.39 is 17.2 Å². The van der Waals surface area contributed by atoms with Crippen molar-refractivity contribution in [3.8, 4) is 0 Å². The number of aromatic amines is 1. The zero-order valence-corrected chi connectivity index (χ0v) is 18.3. The van der Waals surface area contributed by atoms with Gasteiger partial charge in [-0.25, -0.2) is 9.78 Å². The lowest BCUT2D eigenvalue weighted by Gasteiger charge is -2.24. The van der Waals surface area contributed by atoms with E-state index in [-0.39, 0.29) is 40.3 Å². The third kappa shape index (κ3) is 4.98. The van der Waals surface area contributed by atoms with Gasteiger partial charge >= 0.3 is 5.69 Å². The first kappa shape index (κ1) is 22.6. The monoisotopic (exact) mass is 461 g/mol. The van der Waals surface area contributed by atoms with Gasteiger partial charge in [0.05, 0.1) is 17.1 Å². The van der Waals surface area contributed by atoms with Crippen LogP contribution in [0, 0.1) is 0 Å². The number of unbranched alkanes of at least 4 members (excludes halogenated alkanes) is 1. The number of nitrogens with zero attached hydrogens (tertiary/aromatic N) is 3. The molecule has 2 aromatic heterocycles. The molecule has 0 fully saturated rings. The fraction of sp³-hybridized carbons (Fsp3) is 0.238. The molecule has 0 aliphatic carbocycles. The van der Waals surface area contributed by atoms with Crippen LogP contribution in [0.5, 0.6) is 0 Å². The second kappa shape index (κ2) is 9.80. The number of hydrogen-bond acceptors (Lipinski definition) is 5. The van der Waals surface area contributed by atoms with Crippen molar-refractivity contribution in [1.29, 1.82) is 0 Å². The Kier molecular flexibility index (Phi) is 7.14. The highest BCUT2D eigenvalue weighted by Gasteiger charge is 2.25. The van der Waals surface area contributed by atoms with Crippen LogP contribution in [0.1, 0.15) is 35.7 Å². The third-order valence-electron chi connectivity index (χ3n) is 4.69. The van der Waals surface area contributed by atoms with Crippen molar-refractivity contribution in [2.45, 2.75) is 26.3 Å². The molecule has 2 heterocycles. The maximum Gasteiger partial charge on any atom is 0.330 e. The summed E-state index contributed by atoms with van der Waals surface area (Å²) in [6, 6.07) is 10.6. The van der Waals surface area contributed by atoms with E-state index in [2.05, 4.69) is 9.97 Å². The number of carbonyl (C=O) groups is 1. The molecule has 0 radical (unpaired) electrons. The Morgan fingerprint density at radius 1 is 1.23 bits per heavy atom. The van der Waals surface area contributed by atoms with Gasteiger partial charge in [-0.2, -0.15) is 0 Å². The number of pyridine rings is 1. The molecule has 8 nitrogen and oxygen atoms in total. The number of nitrogens with two attached hydrogens (primary N) is 1. The smallest absolute Gasteiger partial charge is 0.330 e. The topological polar surface area (TPSA) is 114 Å². The fourth-order valence-corrected chi connectivity index (χ4v) is 3.36. The van der Waals surface area contributed by atoms with Crippen LogP contribution in [0.25, 0.3) is 0 Å². The van der Waals surface area contributed by atoms with Gasteiger partial charge < -0.3 is 10.6 Å². The number of benzene rings is 1. The molecule has 1 aromatic carbocycles. The van der Waals surface area contributed by atoms with E-state index in [9.17, 15) is 14.4 Å². The highest BCUT2D eigenvalue weighted by atomic mass is 35.5. The molecular formula is C21H21Cl2N5O3. The lowest BCUT2D eigenvalue weighted by Crippen LogP contribution is -2.41. The second-order valence-electron chi connectivity index (χ2n) is 6.87. The number of carbonyl (C=O) groups excluding carboxylic acids is 1. The lowest BCUT2D eigenvalue weighted by atomic mass is 10.2. The Morgan fingerprint density at radius 2 is 1.94 bits per heavy atom. The number of nitrogen functional groups attached to an aromatic ring is 1. The molecule has 31 heavy (non-hydrogen) atoms. The van der Waals surface area contributed by atoms with Gasteiger partial charge in [0.15, 0.2) is 5.69 Å². The minimum Gasteiger partial charge on any atom is -0.383 e. The SMILES string of the molecule is CCCCN(C(=O)c1cnc(Cl)c(Cl)c1)c1c(N)n(Cc2ccccc2)c(=O)[nH]c1=O. The van der Waals surface area contributed by atoms with Crippen LogP contribution in [0.2, 0.25) is 10.2 Å². The average Bonchev–Trinajstić information content (AvgIpc) is 2.75. The van der Waals surface area contributed by atoms with Crippen LogP contribution >= 0.6 is 23.2 Å². The molecule has 0 unspecified atom stereocenters. The summed E-state index contributed by atoms with van der Waals surface area (Å²) >= 11 is 11.9. The number of H-pyrrole nitrogens is 1. The predicted octanol–water partition coefficient (Wildman–Crippen LogP) is 3.32. The van der Waals surface area contributed by atoms with Crippen molar-refractivity contribution in [3.05, 3.63) is 84.7 Å². The summed E-state index contributed by atoms with van der Waals surface area (Å²) in [6.45, 7) is 2.30. The Morgan fingerprint density at radius 3 is 2.58 bits per heavy atom. The summed E-state index contributed by atoms with van der Waals surface area (Å²) in [5.41, 5.74) is 5.72. The van der Waals surface area contributed by atoms with E-state index in [4.69, 9.17) is 28.9 Å². The zero-order chi connectivity index (χ0) is 22.5. The van der Waals surface area contributed by atoms with E-state index in [1.54, 1.807) is 0 Å². The van der Waals surface area contributed by atoms with Crippen LogP contribution in [-0.4, -0.2) is 27.0 Å². The second-order valence-corrected chi connectivity index (χ2v) is 7.64. The molecule has 0 spiro atoms. The van der Waals surface area contributed by atoms with E-state index in [1.165, 1.54) is 21.7 Å². The van der Waals surface area contributed by atoms with Crippen molar-refractivity contribution in [1.82, 2.24) is 14.5 Å². The van der Waals surface area contributed by atoms with Gasteiger partial charge in [-0.15, -0.1) is 0 Å². The first-order chi connectivity index (χ1) is 14.8. The van der Waals surface area contributed by atoms with Gasteiger partial charge in [-0.1, -0.05) is 66.9 Å². The molecule has 0 saturated carbocycles. The minimum absolute atomic E-state index is 0.0621. The quantitative estimate of drug-likeness (QED) is 0.523. The summed E-state index contributed by atoms with van der Waals surface area (Å²) < 4.78 is 1.23. The van der Waals surface area contributed by atoms with E-state index >= 15 is 0 Å². The highest BCUT2D eigenvalue weighted by Crippen LogP contribution is 2.24. The van der Waals surface area contributed by atoms with Crippen molar-refractivity contribution < 1.29 is 4.79 Å². The number of anilines is 2. The van der Waals surface area contributed by atoms with Crippen LogP contribution in [0.4, 0.5) is 11.5 Å². The Bertz CT molecular complexity index is 1210. The molecule has 162 valence electrons. The Labute approximate surface area is 188 Å². The number of nitrogens with one attached hydrogen (secondary N) is 1. The molecule has 0 saturated heterocycles. The van der Waals surface area contributed by atoms with Gasteiger partial charge in [0.1, 0.15) is 11.0 Å². The van der Waals surface area contributed by atoms with Gasteiger partial charge in [-0.05, 0) is 18.1 Å². The van der Waals surface area contributed by atoms with Crippen molar-refractivity contribution >= 4 is 40.6 Å². The summed E-state index contributed by atoms with van der Waals surface area (Å²) in [7, 11) is 0. The number of aromatic nitrogens is 3. The third-order valence-corrected chi connectivity index (χ3v) is 5.38. The minimum atomic E-state index is -0.746. The predicted molar refractivity (Wildman–Crippen MR) is 122 cm³/mol. The summed E-state index contributed by atoms with van der Waals surface area (Å²) in [5.74, 6) is -0.628. The van der Waals surface area contributed by atoms with E-state index in [0.717, 1.165) is 12.0 Å². The van der Waals surface area contributed by atoms with Crippen molar-refractivity contribution in [2.24, 2.45) is 0 Å². The molecule has 0 bridgehead atoms. The largest absolute Gasteiger partial charge is 0.383 e. The van der Waals surface area contributed by atoms with Gasteiger partial charge in [-0.3, -0.25) is 19.1 Å². The maximum atomic E-state index is 13.3. The number of amides is 1. The molecule has 1 amide bonds. The average molecular weight is 462 g/mol. The first-order valence-corrected chi connectivity index (χ1v) is 10.4.